The first-order valence-electron chi connectivity index (χ1n) is 3.35. The molecule has 0 unspecified atom stereocenters. The van der Waals surface area contributed by atoms with Gasteiger partial charge in [-0.2, -0.15) is 0 Å². The van der Waals surface area contributed by atoms with Crippen LogP contribution in [0.25, 0.3) is 0 Å². The fourth-order valence-electron chi connectivity index (χ4n) is 0.790. The van der Waals surface area contributed by atoms with E-state index in [1.165, 1.54) is 0 Å². The van der Waals surface area contributed by atoms with Crippen LogP contribution in [-0.4, -0.2) is 17.9 Å². The fraction of sp³-hybridized carbons (Fsp3) is 1.00. The molecule has 0 aromatic rings. The van der Waals surface area contributed by atoms with Crippen LogP contribution in [0.4, 0.5) is 0 Å². The Labute approximate surface area is 56.6 Å². The van der Waals surface area contributed by atoms with Gasteiger partial charge in [0.25, 0.3) is 0 Å². The minimum Gasteiger partial charge on any atom is -0.359 e. The summed E-state index contributed by atoms with van der Waals surface area (Å²) in [5.74, 6) is 0. The van der Waals surface area contributed by atoms with Crippen molar-refractivity contribution >= 4 is 0 Å². The largest absolute Gasteiger partial charge is 0.359 e. The lowest BCUT2D eigenvalue weighted by Crippen LogP contribution is -2.48. The maximum absolute atomic E-state index is 5.44. The van der Waals surface area contributed by atoms with E-state index in [1.807, 2.05) is 0 Å². The summed E-state index contributed by atoms with van der Waals surface area (Å²) in [4.78, 5) is 0. The Kier molecular flexibility index (Phi) is 1.33. The molecule has 0 saturated carbocycles. The Hall–Kier alpha value is -0.0800. The van der Waals surface area contributed by atoms with Gasteiger partial charge in [0.15, 0.2) is 0 Å². The average Bonchev–Trinajstić information content (AvgIpc) is 1.81. The molecule has 0 aromatic carbocycles. The van der Waals surface area contributed by atoms with Crippen molar-refractivity contribution in [1.82, 2.24) is 5.32 Å². The Morgan fingerprint density at radius 1 is 1.22 bits per heavy atom. The average molecular weight is 129 g/mol. The Bertz CT molecular complexity index is 104. The minimum atomic E-state index is -0.0208. The van der Waals surface area contributed by atoms with Gasteiger partial charge < -0.3 is 4.74 Å². The zero-order valence-corrected chi connectivity index (χ0v) is 6.62. The maximum Gasteiger partial charge on any atom is 0.0978 e. The van der Waals surface area contributed by atoms with Crippen LogP contribution < -0.4 is 5.32 Å². The van der Waals surface area contributed by atoms with Gasteiger partial charge >= 0.3 is 0 Å². The monoisotopic (exact) mass is 129 g/mol. The summed E-state index contributed by atoms with van der Waals surface area (Å²) < 4.78 is 5.44. The second kappa shape index (κ2) is 1.70. The molecule has 1 N–H and O–H groups in total. The lowest BCUT2D eigenvalue weighted by atomic mass is 9.87. The Morgan fingerprint density at radius 3 is 1.89 bits per heavy atom. The molecule has 0 bridgehead atoms. The first-order chi connectivity index (χ1) is 3.96. The lowest BCUT2D eigenvalue weighted by molar-refractivity contribution is 0.00846. The summed E-state index contributed by atoms with van der Waals surface area (Å²) in [7, 11) is 0. The molecule has 0 aromatic heterocycles. The van der Waals surface area contributed by atoms with Gasteiger partial charge in [0, 0.05) is 5.54 Å². The minimum absolute atomic E-state index is 0.0208. The quantitative estimate of drug-likeness (QED) is 0.529. The van der Waals surface area contributed by atoms with Gasteiger partial charge in [-0.3, -0.25) is 5.32 Å². The highest BCUT2D eigenvalue weighted by atomic mass is 16.5. The maximum atomic E-state index is 5.44. The highest BCUT2D eigenvalue weighted by molar-refractivity contribution is 4.97. The number of nitrogens with one attached hydrogen (secondary N) is 1. The number of rotatable bonds is 0. The van der Waals surface area contributed by atoms with E-state index < -0.39 is 0 Å². The van der Waals surface area contributed by atoms with E-state index in [0.717, 1.165) is 0 Å². The third kappa shape index (κ3) is 0.970. The van der Waals surface area contributed by atoms with Crippen molar-refractivity contribution in [1.29, 1.82) is 0 Å². The number of hydrogen-bond acceptors (Lipinski definition) is 2. The molecule has 9 heavy (non-hydrogen) atoms. The van der Waals surface area contributed by atoms with Crippen LogP contribution in [0.5, 0.6) is 0 Å². The molecule has 2 heteroatoms. The first kappa shape index (κ1) is 7.03. The van der Waals surface area contributed by atoms with Crippen molar-refractivity contribution in [3.63, 3.8) is 0 Å². The standard InChI is InChI=1S/C7H15NO/c1-6(2)7(3,4)9-5-8-6/h8H,5H2,1-4H3. The van der Waals surface area contributed by atoms with Crippen LogP contribution in [0.1, 0.15) is 27.7 Å². The molecular weight excluding hydrogens is 114 g/mol. The molecule has 0 atom stereocenters. The predicted molar refractivity (Wildman–Crippen MR) is 37.2 cm³/mol. The van der Waals surface area contributed by atoms with Crippen molar-refractivity contribution in [2.24, 2.45) is 0 Å². The second-order valence-corrected chi connectivity index (χ2v) is 3.60. The van der Waals surface area contributed by atoms with Crippen molar-refractivity contribution < 1.29 is 4.74 Å². The summed E-state index contributed by atoms with van der Waals surface area (Å²) in [5, 5.41) is 3.26. The van der Waals surface area contributed by atoms with Gasteiger partial charge in [-0.05, 0) is 27.7 Å². The molecule has 0 radical (unpaired) electrons. The third-order valence-corrected chi connectivity index (χ3v) is 2.45. The zero-order valence-electron chi connectivity index (χ0n) is 6.62. The highest BCUT2D eigenvalue weighted by Crippen LogP contribution is 2.29. The van der Waals surface area contributed by atoms with Crippen molar-refractivity contribution in [3.8, 4) is 0 Å². The topological polar surface area (TPSA) is 21.3 Å². The van der Waals surface area contributed by atoms with E-state index >= 15 is 0 Å². The molecule has 1 aliphatic rings. The summed E-state index contributed by atoms with van der Waals surface area (Å²) in [6.45, 7) is 9.19. The van der Waals surface area contributed by atoms with Gasteiger partial charge in [-0.25, -0.2) is 0 Å². The summed E-state index contributed by atoms with van der Waals surface area (Å²) in [5.41, 5.74) is 0.0972. The number of hydrogen-bond donors (Lipinski definition) is 1. The molecule has 1 rings (SSSR count). The highest BCUT2D eigenvalue weighted by Gasteiger charge is 2.42. The molecule has 0 aliphatic carbocycles. The molecule has 1 aliphatic heterocycles. The first-order valence-corrected chi connectivity index (χ1v) is 3.35. The van der Waals surface area contributed by atoms with Crippen LogP contribution in [0, 0.1) is 0 Å². The molecule has 1 heterocycles. The molecular formula is C7H15NO. The van der Waals surface area contributed by atoms with Crippen LogP contribution >= 0.6 is 0 Å². The van der Waals surface area contributed by atoms with Gasteiger partial charge in [-0.15, -0.1) is 0 Å². The van der Waals surface area contributed by atoms with E-state index in [-0.39, 0.29) is 11.1 Å². The molecule has 1 saturated heterocycles. The van der Waals surface area contributed by atoms with Crippen molar-refractivity contribution in [2.75, 3.05) is 6.73 Å². The Balaban J connectivity index is 2.75. The summed E-state index contributed by atoms with van der Waals surface area (Å²) in [6.07, 6.45) is 0. The fourth-order valence-corrected chi connectivity index (χ4v) is 0.790. The van der Waals surface area contributed by atoms with E-state index in [9.17, 15) is 0 Å². The third-order valence-electron chi connectivity index (χ3n) is 2.45. The molecule has 1 fully saturated rings. The van der Waals surface area contributed by atoms with Gasteiger partial charge in [0.2, 0.25) is 0 Å². The van der Waals surface area contributed by atoms with Crippen molar-refractivity contribution in [2.45, 2.75) is 38.8 Å². The zero-order chi connectivity index (χ0) is 7.12. The predicted octanol–water partition coefficient (Wildman–Crippen LogP) is 1.12. The van der Waals surface area contributed by atoms with Crippen LogP contribution in [-0.2, 0) is 4.74 Å². The van der Waals surface area contributed by atoms with Crippen molar-refractivity contribution in [3.05, 3.63) is 0 Å². The van der Waals surface area contributed by atoms with E-state index in [1.54, 1.807) is 0 Å². The van der Waals surface area contributed by atoms with Gasteiger partial charge in [0.1, 0.15) is 0 Å². The normalized spacial score (nSPS) is 30.7. The molecule has 0 amide bonds. The summed E-state index contributed by atoms with van der Waals surface area (Å²) >= 11 is 0. The van der Waals surface area contributed by atoms with E-state index in [0.29, 0.717) is 6.73 Å². The Morgan fingerprint density at radius 2 is 1.78 bits per heavy atom. The van der Waals surface area contributed by atoms with Gasteiger partial charge in [0.05, 0.1) is 12.3 Å². The second-order valence-electron chi connectivity index (χ2n) is 3.60. The SMILES string of the molecule is CC1(C)NCOC1(C)C. The van der Waals surface area contributed by atoms with E-state index in [4.69, 9.17) is 4.74 Å². The van der Waals surface area contributed by atoms with Gasteiger partial charge in [-0.1, -0.05) is 0 Å². The van der Waals surface area contributed by atoms with Crippen LogP contribution in [0.3, 0.4) is 0 Å². The lowest BCUT2D eigenvalue weighted by Gasteiger charge is -2.32. The molecule has 0 spiro atoms. The molecule has 2 nitrogen and oxygen atoms in total. The molecule has 54 valence electrons. The van der Waals surface area contributed by atoms with Crippen LogP contribution in [0.2, 0.25) is 0 Å². The van der Waals surface area contributed by atoms with Crippen LogP contribution in [0.15, 0.2) is 0 Å². The van der Waals surface area contributed by atoms with E-state index in [2.05, 4.69) is 33.0 Å². The summed E-state index contributed by atoms with van der Waals surface area (Å²) in [6, 6.07) is 0. The smallest absolute Gasteiger partial charge is 0.0978 e. The number of ether oxygens (including phenoxy) is 1.